The smallest absolute Gasteiger partial charge is 0.211 e. The summed E-state index contributed by atoms with van der Waals surface area (Å²) in [6.07, 6.45) is 0. The minimum Gasteiger partial charge on any atom is -0.211 e. The molecule has 0 bridgehead atoms. The number of fused-ring (bicyclic) bond motifs is 1. The fourth-order valence-corrected chi connectivity index (χ4v) is 2.56. The Kier molecular flexibility index (Phi) is 2.03. The van der Waals surface area contributed by atoms with Crippen LogP contribution in [0, 0.1) is 0 Å². The molecule has 0 aliphatic carbocycles. The Bertz CT molecular complexity index is 615. The minimum absolute atomic E-state index is 0.815. The van der Waals surface area contributed by atoms with Crippen LogP contribution in [0.3, 0.4) is 0 Å². The number of para-hydroxylation sites is 1. The molecule has 74 valence electrons. The third kappa shape index (κ3) is 1.46. The van der Waals surface area contributed by atoms with Gasteiger partial charge in [0.2, 0.25) is 5.13 Å². The Morgan fingerprint density at radius 1 is 1.27 bits per heavy atom. The topological polar surface area (TPSA) is 43.6 Å². The quantitative estimate of drug-likeness (QED) is 0.688. The first kappa shape index (κ1) is 8.99. The van der Waals surface area contributed by atoms with Crippen LogP contribution in [0.25, 0.3) is 16.2 Å². The van der Waals surface area contributed by atoms with Gasteiger partial charge in [-0.3, -0.25) is 0 Å². The maximum Gasteiger partial charge on any atom is 0.213 e. The zero-order chi connectivity index (χ0) is 10.3. The molecule has 3 rings (SSSR count). The van der Waals surface area contributed by atoms with E-state index in [2.05, 4.69) is 31.2 Å². The first-order valence-corrected chi connectivity index (χ1v) is 5.94. The van der Waals surface area contributed by atoms with Crippen LogP contribution < -0.4 is 0 Å². The van der Waals surface area contributed by atoms with Crippen LogP contribution in [-0.4, -0.2) is 20.0 Å². The standard InChI is InChI=1S/C9H5BrN4S/c10-8-5-15-9(11-8)14-7-4-2-1-3-6(7)12-13-14/h1-5H. The molecule has 0 atom stereocenters. The van der Waals surface area contributed by atoms with Gasteiger partial charge in [0.05, 0.1) is 5.52 Å². The van der Waals surface area contributed by atoms with Crippen molar-refractivity contribution < 1.29 is 0 Å². The van der Waals surface area contributed by atoms with Crippen LogP contribution in [-0.2, 0) is 0 Å². The fraction of sp³-hybridized carbons (Fsp3) is 0. The zero-order valence-electron chi connectivity index (χ0n) is 7.46. The number of thiazole rings is 1. The maximum atomic E-state index is 4.30. The number of nitrogens with zero attached hydrogens (tertiary/aromatic N) is 4. The monoisotopic (exact) mass is 280 g/mol. The van der Waals surface area contributed by atoms with E-state index in [0.29, 0.717) is 0 Å². The van der Waals surface area contributed by atoms with Crippen LogP contribution in [0.2, 0.25) is 0 Å². The molecule has 0 radical (unpaired) electrons. The molecular formula is C9H5BrN4S. The van der Waals surface area contributed by atoms with Crippen LogP contribution >= 0.6 is 27.3 Å². The van der Waals surface area contributed by atoms with E-state index in [1.165, 1.54) is 11.3 Å². The van der Waals surface area contributed by atoms with Gasteiger partial charge in [0.25, 0.3) is 0 Å². The highest BCUT2D eigenvalue weighted by molar-refractivity contribution is 9.10. The highest BCUT2D eigenvalue weighted by atomic mass is 79.9. The number of hydrogen-bond acceptors (Lipinski definition) is 4. The number of hydrogen-bond donors (Lipinski definition) is 0. The van der Waals surface area contributed by atoms with Crippen LogP contribution in [0.1, 0.15) is 0 Å². The van der Waals surface area contributed by atoms with Gasteiger partial charge in [-0.25, -0.2) is 4.98 Å². The second-order valence-electron chi connectivity index (χ2n) is 2.94. The Labute approximate surface area is 97.7 Å². The Morgan fingerprint density at radius 3 is 2.93 bits per heavy atom. The molecule has 1 aromatic carbocycles. The molecule has 0 saturated carbocycles. The van der Waals surface area contributed by atoms with E-state index in [4.69, 9.17) is 0 Å². The summed E-state index contributed by atoms with van der Waals surface area (Å²) in [5.74, 6) is 0. The van der Waals surface area contributed by atoms with Crippen LogP contribution in [0.4, 0.5) is 0 Å². The summed E-state index contributed by atoms with van der Waals surface area (Å²) in [5.41, 5.74) is 1.85. The molecule has 0 aliphatic rings. The van der Waals surface area contributed by atoms with Crippen molar-refractivity contribution in [1.82, 2.24) is 20.0 Å². The van der Waals surface area contributed by atoms with Gasteiger partial charge in [-0.1, -0.05) is 17.3 Å². The average Bonchev–Trinajstić information content (AvgIpc) is 2.83. The van der Waals surface area contributed by atoms with E-state index in [1.54, 1.807) is 4.68 Å². The molecule has 2 aromatic heterocycles. The van der Waals surface area contributed by atoms with Crippen molar-refractivity contribution in [2.24, 2.45) is 0 Å². The molecule has 0 aliphatic heterocycles. The molecule has 0 spiro atoms. The van der Waals surface area contributed by atoms with Gasteiger partial charge in [-0.15, -0.1) is 16.4 Å². The SMILES string of the molecule is Brc1csc(-n2nnc3ccccc32)n1. The molecule has 0 N–H and O–H groups in total. The zero-order valence-corrected chi connectivity index (χ0v) is 9.86. The molecular weight excluding hydrogens is 276 g/mol. The second-order valence-corrected chi connectivity index (χ2v) is 4.59. The first-order valence-electron chi connectivity index (χ1n) is 4.26. The summed E-state index contributed by atoms with van der Waals surface area (Å²) in [6.45, 7) is 0. The van der Waals surface area contributed by atoms with E-state index in [9.17, 15) is 0 Å². The first-order chi connectivity index (χ1) is 7.34. The van der Waals surface area contributed by atoms with E-state index in [0.717, 1.165) is 20.8 Å². The van der Waals surface area contributed by atoms with Crippen molar-refractivity contribution in [2.45, 2.75) is 0 Å². The van der Waals surface area contributed by atoms with Gasteiger partial charge >= 0.3 is 0 Å². The lowest BCUT2D eigenvalue weighted by molar-refractivity contribution is 0.816. The van der Waals surface area contributed by atoms with Gasteiger partial charge < -0.3 is 0 Å². The summed E-state index contributed by atoms with van der Waals surface area (Å²) >= 11 is 4.84. The van der Waals surface area contributed by atoms with E-state index >= 15 is 0 Å². The lowest BCUT2D eigenvalue weighted by Gasteiger charge is -1.94. The predicted octanol–water partition coefficient (Wildman–Crippen LogP) is 2.64. The highest BCUT2D eigenvalue weighted by Crippen LogP contribution is 2.21. The third-order valence-corrected chi connectivity index (χ3v) is 3.52. The number of aromatic nitrogens is 4. The fourth-order valence-electron chi connectivity index (χ4n) is 1.35. The Morgan fingerprint density at radius 2 is 2.13 bits per heavy atom. The van der Waals surface area contributed by atoms with Crippen molar-refractivity contribution >= 4 is 38.3 Å². The normalized spacial score (nSPS) is 11.0. The van der Waals surface area contributed by atoms with Gasteiger partial charge in [-0.05, 0) is 28.1 Å². The van der Waals surface area contributed by atoms with Crippen molar-refractivity contribution in [3.63, 3.8) is 0 Å². The summed E-state index contributed by atoms with van der Waals surface area (Å²) in [6, 6.07) is 7.82. The van der Waals surface area contributed by atoms with Gasteiger partial charge in [0.1, 0.15) is 10.1 Å². The largest absolute Gasteiger partial charge is 0.213 e. The molecule has 4 nitrogen and oxygen atoms in total. The van der Waals surface area contributed by atoms with Crippen molar-refractivity contribution in [1.29, 1.82) is 0 Å². The summed E-state index contributed by atoms with van der Waals surface area (Å²) in [4.78, 5) is 4.30. The molecule has 0 unspecified atom stereocenters. The van der Waals surface area contributed by atoms with Gasteiger partial charge in [-0.2, -0.15) is 4.68 Å². The van der Waals surface area contributed by atoms with Gasteiger partial charge in [0.15, 0.2) is 0 Å². The lowest BCUT2D eigenvalue weighted by Crippen LogP contribution is -1.95. The van der Waals surface area contributed by atoms with Crippen molar-refractivity contribution in [3.8, 4) is 5.13 Å². The maximum absolute atomic E-state index is 4.30. The number of benzene rings is 1. The molecule has 0 amide bonds. The minimum atomic E-state index is 0.815. The van der Waals surface area contributed by atoms with E-state index in [1.807, 2.05) is 29.6 Å². The van der Waals surface area contributed by atoms with Crippen LogP contribution in [0.15, 0.2) is 34.2 Å². The molecule has 15 heavy (non-hydrogen) atoms. The Hall–Kier alpha value is -1.27. The number of halogens is 1. The number of rotatable bonds is 1. The van der Waals surface area contributed by atoms with E-state index < -0.39 is 0 Å². The lowest BCUT2D eigenvalue weighted by atomic mass is 10.3. The molecule has 6 heteroatoms. The second kappa shape index (κ2) is 3.39. The van der Waals surface area contributed by atoms with Gasteiger partial charge in [0, 0.05) is 5.38 Å². The van der Waals surface area contributed by atoms with Crippen LogP contribution in [0.5, 0.6) is 0 Å². The molecule has 2 heterocycles. The van der Waals surface area contributed by atoms with Crippen molar-refractivity contribution in [2.75, 3.05) is 0 Å². The third-order valence-electron chi connectivity index (χ3n) is 2.00. The van der Waals surface area contributed by atoms with Crippen molar-refractivity contribution in [3.05, 3.63) is 34.2 Å². The highest BCUT2D eigenvalue weighted by Gasteiger charge is 2.08. The summed E-state index contributed by atoms with van der Waals surface area (Å²) in [5, 5.41) is 10.9. The average molecular weight is 281 g/mol. The summed E-state index contributed by atoms with van der Waals surface area (Å²) < 4.78 is 2.56. The summed E-state index contributed by atoms with van der Waals surface area (Å²) in [7, 11) is 0. The Balaban J connectivity index is 2.27. The predicted molar refractivity (Wildman–Crippen MR) is 62.2 cm³/mol. The molecule has 0 fully saturated rings. The molecule has 3 aromatic rings. The van der Waals surface area contributed by atoms with E-state index in [-0.39, 0.29) is 0 Å². The molecule has 0 saturated heterocycles.